The second-order valence-electron chi connectivity index (χ2n) is 7.74. The molecule has 0 spiro atoms. The molecule has 2 heterocycles. The fourth-order valence-corrected chi connectivity index (χ4v) is 4.06. The second-order valence-corrected chi connectivity index (χ2v) is 7.74. The highest BCUT2D eigenvalue weighted by Gasteiger charge is 2.21. The number of hydrogen-bond acceptors (Lipinski definition) is 3. The molecule has 0 N–H and O–H groups in total. The number of rotatable bonds is 4. The molecule has 4 rings (SSSR count). The Labute approximate surface area is 162 Å². The van der Waals surface area contributed by atoms with Crippen LogP contribution in [0, 0.1) is 6.92 Å². The van der Waals surface area contributed by atoms with E-state index in [4.69, 9.17) is 0 Å². The lowest BCUT2D eigenvalue weighted by molar-refractivity contribution is -0.130. The monoisotopic (exact) mass is 363 g/mol. The Morgan fingerprint density at radius 1 is 0.741 bits per heavy atom. The summed E-state index contributed by atoms with van der Waals surface area (Å²) >= 11 is 0. The summed E-state index contributed by atoms with van der Waals surface area (Å²) < 4.78 is 0. The van der Waals surface area contributed by atoms with Gasteiger partial charge in [0, 0.05) is 50.6 Å². The molecule has 2 aromatic rings. The van der Waals surface area contributed by atoms with Gasteiger partial charge in [0.05, 0.1) is 6.42 Å². The van der Waals surface area contributed by atoms with Crippen LogP contribution in [-0.4, -0.2) is 50.1 Å². The molecular weight excluding hydrogens is 334 g/mol. The molecule has 0 aromatic heterocycles. The van der Waals surface area contributed by atoms with Crippen molar-refractivity contribution in [3.05, 3.63) is 59.7 Å². The first kappa shape index (κ1) is 17.9. The first-order chi connectivity index (χ1) is 13.2. The van der Waals surface area contributed by atoms with Crippen LogP contribution in [0.25, 0.3) is 0 Å². The first-order valence-electron chi connectivity index (χ1n) is 10.1. The summed E-state index contributed by atoms with van der Waals surface area (Å²) in [7, 11) is 0. The van der Waals surface area contributed by atoms with Crippen LogP contribution in [0.15, 0.2) is 48.5 Å². The van der Waals surface area contributed by atoms with Crippen molar-refractivity contribution in [2.75, 3.05) is 49.1 Å². The molecule has 2 aromatic carbocycles. The number of carbonyl (C=O) groups is 1. The number of piperazine rings is 1. The molecule has 0 saturated carbocycles. The van der Waals surface area contributed by atoms with Gasteiger partial charge in [-0.25, -0.2) is 0 Å². The van der Waals surface area contributed by atoms with E-state index in [0.29, 0.717) is 6.42 Å². The Hall–Kier alpha value is -2.49. The van der Waals surface area contributed by atoms with Crippen LogP contribution in [0.5, 0.6) is 0 Å². The van der Waals surface area contributed by atoms with Crippen molar-refractivity contribution in [2.24, 2.45) is 0 Å². The van der Waals surface area contributed by atoms with E-state index in [-0.39, 0.29) is 5.91 Å². The summed E-state index contributed by atoms with van der Waals surface area (Å²) in [5.74, 6) is 0.239. The van der Waals surface area contributed by atoms with Crippen molar-refractivity contribution < 1.29 is 4.79 Å². The Bertz CT molecular complexity index is 755. The van der Waals surface area contributed by atoms with Crippen LogP contribution in [-0.2, 0) is 11.2 Å². The highest BCUT2D eigenvalue weighted by molar-refractivity contribution is 5.79. The normalized spacial score (nSPS) is 17.4. The maximum absolute atomic E-state index is 12.6. The van der Waals surface area contributed by atoms with Crippen LogP contribution < -0.4 is 9.80 Å². The minimum absolute atomic E-state index is 0.239. The van der Waals surface area contributed by atoms with E-state index in [9.17, 15) is 4.79 Å². The summed E-state index contributed by atoms with van der Waals surface area (Å²) in [5, 5.41) is 0. The van der Waals surface area contributed by atoms with E-state index >= 15 is 0 Å². The minimum Gasteiger partial charge on any atom is -0.372 e. The van der Waals surface area contributed by atoms with Crippen LogP contribution >= 0.6 is 0 Å². The fourth-order valence-electron chi connectivity index (χ4n) is 4.06. The number of amides is 1. The van der Waals surface area contributed by atoms with Crippen molar-refractivity contribution in [3.63, 3.8) is 0 Å². The van der Waals surface area contributed by atoms with E-state index in [0.717, 1.165) is 31.7 Å². The highest BCUT2D eigenvalue weighted by Crippen LogP contribution is 2.24. The molecule has 0 unspecified atom stereocenters. The number of carbonyl (C=O) groups excluding carboxylic acids is 1. The number of nitrogens with zero attached hydrogens (tertiary/aromatic N) is 3. The Morgan fingerprint density at radius 2 is 1.26 bits per heavy atom. The van der Waals surface area contributed by atoms with Gasteiger partial charge >= 0.3 is 0 Å². The third-order valence-electron chi connectivity index (χ3n) is 5.79. The molecule has 1 amide bonds. The molecule has 142 valence electrons. The molecule has 0 radical (unpaired) electrons. The third kappa shape index (κ3) is 4.26. The van der Waals surface area contributed by atoms with Crippen molar-refractivity contribution in [2.45, 2.75) is 26.2 Å². The standard InChI is InChI=1S/C23H29N3O/c1-19-4-6-20(7-5-19)18-23(27)26-16-14-25(15-17-26)22-10-8-21(9-11-22)24-12-2-3-13-24/h4-11H,2-3,12-18H2,1H3. The summed E-state index contributed by atoms with van der Waals surface area (Å²) in [4.78, 5) is 19.5. The van der Waals surface area contributed by atoms with Crippen LogP contribution in [0.2, 0.25) is 0 Å². The van der Waals surface area contributed by atoms with Gasteiger partial charge in [-0.2, -0.15) is 0 Å². The molecule has 2 saturated heterocycles. The van der Waals surface area contributed by atoms with Gasteiger partial charge in [0.2, 0.25) is 5.91 Å². The molecule has 4 heteroatoms. The van der Waals surface area contributed by atoms with Crippen molar-refractivity contribution in [1.82, 2.24) is 4.90 Å². The van der Waals surface area contributed by atoms with E-state index in [1.807, 2.05) is 4.90 Å². The Balaban J connectivity index is 1.30. The average molecular weight is 364 g/mol. The summed E-state index contributed by atoms with van der Waals surface area (Å²) in [6.45, 7) is 7.85. The maximum Gasteiger partial charge on any atom is 0.227 e. The molecule has 0 atom stereocenters. The maximum atomic E-state index is 12.6. The average Bonchev–Trinajstić information content (AvgIpc) is 3.25. The Morgan fingerprint density at radius 3 is 1.81 bits per heavy atom. The highest BCUT2D eigenvalue weighted by atomic mass is 16.2. The van der Waals surface area contributed by atoms with Gasteiger partial charge in [-0.05, 0) is 49.6 Å². The van der Waals surface area contributed by atoms with Crippen LogP contribution in [0.4, 0.5) is 11.4 Å². The van der Waals surface area contributed by atoms with Crippen molar-refractivity contribution >= 4 is 17.3 Å². The van der Waals surface area contributed by atoms with E-state index in [1.165, 1.54) is 42.9 Å². The van der Waals surface area contributed by atoms with Crippen LogP contribution in [0.1, 0.15) is 24.0 Å². The zero-order valence-electron chi connectivity index (χ0n) is 16.2. The summed E-state index contributed by atoms with van der Waals surface area (Å²) in [6.07, 6.45) is 3.12. The fraction of sp³-hybridized carbons (Fsp3) is 0.435. The quantitative estimate of drug-likeness (QED) is 0.832. The second kappa shape index (κ2) is 8.03. The summed E-state index contributed by atoms with van der Waals surface area (Å²) in [6, 6.07) is 17.2. The molecule has 0 aliphatic carbocycles. The van der Waals surface area contributed by atoms with Gasteiger partial charge in [0.25, 0.3) is 0 Å². The molecule has 27 heavy (non-hydrogen) atoms. The number of benzene rings is 2. The van der Waals surface area contributed by atoms with Gasteiger partial charge in [-0.15, -0.1) is 0 Å². The van der Waals surface area contributed by atoms with Gasteiger partial charge in [0.15, 0.2) is 0 Å². The molecule has 0 bridgehead atoms. The van der Waals surface area contributed by atoms with E-state index in [2.05, 4.69) is 65.3 Å². The third-order valence-corrected chi connectivity index (χ3v) is 5.79. The molecule has 4 nitrogen and oxygen atoms in total. The predicted molar refractivity (Wildman–Crippen MR) is 112 cm³/mol. The SMILES string of the molecule is Cc1ccc(CC(=O)N2CCN(c3ccc(N4CCCC4)cc3)CC2)cc1. The minimum atomic E-state index is 0.239. The lowest BCUT2D eigenvalue weighted by Gasteiger charge is -2.36. The van der Waals surface area contributed by atoms with Crippen LogP contribution in [0.3, 0.4) is 0 Å². The number of anilines is 2. The molecule has 2 aliphatic heterocycles. The van der Waals surface area contributed by atoms with Crippen molar-refractivity contribution in [3.8, 4) is 0 Å². The predicted octanol–water partition coefficient (Wildman–Crippen LogP) is 3.49. The van der Waals surface area contributed by atoms with Gasteiger partial charge in [0.1, 0.15) is 0 Å². The van der Waals surface area contributed by atoms with Crippen molar-refractivity contribution in [1.29, 1.82) is 0 Å². The molecular formula is C23H29N3O. The lowest BCUT2D eigenvalue weighted by Crippen LogP contribution is -2.49. The largest absolute Gasteiger partial charge is 0.372 e. The topological polar surface area (TPSA) is 26.8 Å². The first-order valence-corrected chi connectivity index (χ1v) is 10.1. The number of hydrogen-bond donors (Lipinski definition) is 0. The Kier molecular flexibility index (Phi) is 5.33. The zero-order valence-corrected chi connectivity index (χ0v) is 16.2. The van der Waals surface area contributed by atoms with E-state index in [1.54, 1.807) is 0 Å². The van der Waals surface area contributed by atoms with Gasteiger partial charge < -0.3 is 14.7 Å². The summed E-state index contributed by atoms with van der Waals surface area (Å²) in [5.41, 5.74) is 4.94. The smallest absolute Gasteiger partial charge is 0.227 e. The number of aryl methyl sites for hydroxylation is 1. The van der Waals surface area contributed by atoms with Gasteiger partial charge in [-0.1, -0.05) is 29.8 Å². The molecule has 2 fully saturated rings. The van der Waals surface area contributed by atoms with Gasteiger partial charge in [-0.3, -0.25) is 4.79 Å². The zero-order chi connectivity index (χ0) is 18.6. The van der Waals surface area contributed by atoms with E-state index < -0.39 is 0 Å². The molecule has 2 aliphatic rings. The lowest BCUT2D eigenvalue weighted by atomic mass is 10.1.